The summed E-state index contributed by atoms with van der Waals surface area (Å²) < 4.78 is 13.5. The third-order valence-electron chi connectivity index (χ3n) is 2.92. The molecule has 1 aromatic rings. The second-order valence-electron chi connectivity index (χ2n) is 4.88. The van der Waals surface area contributed by atoms with Crippen molar-refractivity contribution in [2.45, 2.75) is 39.0 Å². The van der Waals surface area contributed by atoms with E-state index in [1.54, 1.807) is 0 Å². The Labute approximate surface area is 136 Å². The zero-order valence-electron chi connectivity index (χ0n) is 12.7. The standard InChI is InChI=1S/C15H22FN3O2.ClH/c1-11(20)18-14-10-12(7-8-13(14)16)19-15(21)6-4-2-3-5-9-17;/h7-8,10H,2-6,9,17H2,1H3,(H,18,20)(H,19,21);1H. The van der Waals surface area contributed by atoms with Crippen molar-refractivity contribution in [3.63, 3.8) is 0 Å². The van der Waals surface area contributed by atoms with Gasteiger partial charge in [0, 0.05) is 19.0 Å². The van der Waals surface area contributed by atoms with Crippen LogP contribution in [-0.4, -0.2) is 18.4 Å². The zero-order valence-corrected chi connectivity index (χ0v) is 13.5. The summed E-state index contributed by atoms with van der Waals surface area (Å²) in [6.45, 7) is 1.97. The summed E-state index contributed by atoms with van der Waals surface area (Å²) in [6.07, 6.45) is 4.17. The van der Waals surface area contributed by atoms with Crippen LogP contribution in [0.25, 0.3) is 0 Å². The van der Waals surface area contributed by atoms with Crippen molar-refractivity contribution < 1.29 is 14.0 Å². The Balaban J connectivity index is 0.00000441. The van der Waals surface area contributed by atoms with Gasteiger partial charge in [0.2, 0.25) is 11.8 Å². The van der Waals surface area contributed by atoms with E-state index in [4.69, 9.17) is 5.73 Å². The summed E-state index contributed by atoms with van der Waals surface area (Å²) >= 11 is 0. The Morgan fingerprint density at radius 1 is 1.14 bits per heavy atom. The molecular formula is C15H23ClFN3O2. The highest BCUT2D eigenvalue weighted by atomic mass is 35.5. The molecule has 5 nitrogen and oxygen atoms in total. The number of halogens is 2. The van der Waals surface area contributed by atoms with Crippen LogP contribution >= 0.6 is 12.4 Å². The van der Waals surface area contributed by atoms with E-state index >= 15 is 0 Å². The average Bonchev–Trinajstić information content (AvgIpc) is 2.42. The highest BCUT2D eigenvalue weighted by Crippen LogP contribution is 2.20. The van der Waals surface area contributed by atoms with Crippen LogP contribution in [0.3, 0.4) is 0 Å². The van der Waals surface area contributed by atoms with Gasteiger partial charge in [-0.3, -0.25) is 9.59 Å². The molecule has 0 aromatic heterocycles. The molecule has 0 radical (unpaired) electrons. The van der Waals surface area contributed by atoms with Gasteiger partial charge in [-0.05, 0) is 37.6 Å². The van der Waals surface area contributed by atoms with Crippen LogP contribution in [0, 0.1) is 5.82 Å². The fourth-order valence-electron chi connectivity index (χ4n) is 1.90. The quantitative estimate of drug-likeness (QED) is 0.640. The molecular weight excluding hydrogens is 309 g/mol. The van der Waals surface area contributed by atoms with Crippen molar-refractivity contribution in [3.8, 4) is 0 Å². The van der Waals surface area contributed by atoms with E-state index in [1.165, 1.54) is 25.1 Å². The second-order valence-corrected chi connectivity index (χ2v) is 4.88. The van der Waals surface area contributed by atoms with Gasteiger partial charge in [0.05, 0.1) is 5.69 Å². The van der Waals surface area contributed by atoms with Crippen LogP contribution in [0.1, 0.15) is 39.0 Å². The minimum absolute atomic E-state index is 0. The number of rotatable bonds is 8. The van der Waals surface area contributed by atoms with Gasteiger partial charge in [-0.15, -0.1) is 12.4 Å². The lowest BCUT2D eigenvalue weighted by atomic mass is 10.1. The molecule has 0 saturated carbocycles. The van der Waals surface area contributed by atoms with E-state index in [9.17, 15) is 14.0 Å². The first-order valence-electron chi connectivity index (χ1n) is 7.10. The lowest BCUT2D eigenvalue weighted by molar-refractivity contribution is -0.116. The maximum atomic E-state index is 13.5. The fourth-order valence-corrected chi connectivity index (χ4v) is 1.90. The third kappa shape index (κ3) is 7.95. The highest BCUT2D eigenvalue weighted by molar-refractivity contribution is 5.93. The van der Waals surface area contributed by atoms with Crippen molar-refractivity contribution in [1.29, 1.82) is 0 Å². The molecule has 0 unspecified atom stereocenters. The van der Waals surface area contributed by atoms with Crippen molar-refractivity contribution in [2.75, 3.05) is 17.2 Å². The Morgan fingerprint density at radius 2 is 1.82 bits per heavy atom. The van der Waals surface area contributed by atoms with Crippen molar-refractivity contribution in [1.82, 2.24) is 0 Å². The Hall–Kier alpha value is -1.66. The average molecular weight is 332 g/mol. The number of carbonyl (C=O) groups is 2. The predicted molar refractivity (Wildman–Crippen MR) is 88.7 cm³/mol. The Kier molecular flexibility index (Phi) is 10.2. The summed E-state index contributed by atoms with van der Waals surface area (Å²) in [5, 5.41) is 5.07. The van der Waals surface area contributed by atoms with Gasteiger partial charge in [0.1, 0.15) is 5.82 Å². The predicted octanol–water partition coefficient (Wildman–Crippen LogP) is 3.05. The first-order valence-corrected chi connectivity index (χ1v) is 7.10. The lowest BCUT2D eigenvalue weighted by Crippen LogP contribution is -2.12. The smallest absolute Gasteiger partial charge is 0.224 e. The maximum Gasteiger partial charge on any atom is 0.224 e. The van der Waals surface area contributed by atoms with E-state index in [0.717, 1.165) is 25.7 Å². The number of amides is 2. The first kappa shape index (κ1) is 20.3. The fraction of sp³-hybridized carbons (Fsp3) is 0.467. The molecule has 22 heavy (non-hydrogen) atoms. The van der Waals surface area contributed by atoms with Crippen molar-refractivity contribution >= 4 is 35.6 Å². The monoisotopic (exact) mass is 331 g/mol. The second kappa shape index (κ2) is 11.0. The van der Waals surface area contributed by atoms with E-state index < -0.39 is 5.82 Å². The largest absolute Gasteiger partial charge is 0.330 e. The topological polar surface area (TPSA) is 84.2 Å². The molecule has 0 fully saturated rings. The lowest BCUT2D eigenvalue weighted by Gasteiger charge is -2.09. The van der Waals surface area contributed by atoms with Crippen LogP contribution in [0.4, 0.5) is 15.8 Å². The molecule has 1 aromatic carbocycles. The molecule has 0 bridgehead atoms. The summed E-state index contributed by atoms with van der Waals surface area (Å²) in [7, 11) is 0. The number of hydrogen-bond donors (Lipinski definition) is 3. The Bertz CT molecular complexity index is 498. The van der Waals surface area contributed by atoms with Crippen LogP contribution in [-0.2, 0) is 9.59 Å². The molecule has 0 aliphatic rings. The molecule has 2 amide bonds. The van der Waals surface area contributed by atoms with Gasteiger partial charge >= 0.3 is 0 Å². The van der Waals surface area contributed by atoms with E-state index in [-0.39, 0.29) is 29.9 Å². The number of unbranched alkanes of at least 4 members (excludes halogenated alkanes) is 3. The molecule has 0 heterocycles. The van der Waals surface area contributed by atoms with E-state index in [0.29, 0.717) is 18.7 Å². The first-order chi connectivity index (χ1) is 10.0. The van der Waals surface area contributed by atoms with Crippen LogP contribution in [0.5, 0.6) is 0 Å². The molecule has 7 heteroatoms. The van der Waals surface area contributed by atoms with Gasteiger partial charge in [-0.2, -0.15) is 0 Å². The normalized spacial score (nSPS) is 9.77. The molecule has 0 atom stereocenters. The van der Waals surface area contributed by atoms with Gasteiger partial charge < -0.3 is 16.4 Å². The van der Waals surface area contributed by atoms with Gasteiger partial charge in [-0.25, -0.2) is 4.39 Å². The number of nitrogens with two attached hydrogens (primary N) is 1. The zero-order chi connectivity index (χ0) is 15.7. The van der Waals surface area contributed by atoms with Gasteiger partial charge in [-0.1, -0.05) is 12.8 Å². The van der Waals surface area contributed by atoms with E-state index in [1.807, 2.05) is 0 Å². The summed E-state index contributed by atoms with van der Waals surface area (Å²) in [4.78, 5) is 22.7. The number of benzene rings is 1. The highest BCUT2D eigenvalue weighted by Gasteiger charge is 2.07. The molecule has 0 aliphatic heterocycles. The molecule has 4 N–H and O–H groups in total. The van der Waals surface area contributed by atoms with Gasteiger partial charge in [0.15, 0.2) is 0 Å². The van der Waals surface area contributed by atoms with E-state index in [2.05, 4.69) is 10.6 Å². The molecule has 0 spiro atoms. The molecule has 0 saturated heterocycles. The van der Waals surface area contributed by atoms with Crippen LogP contribution < -0.4 is 16.4 Å². The number of carbonyl (C=O) groups excluding carboxylic acids is 2. The Morgan fingerprint density at radius 3 is 2.45 bits per heavy atom. The minimum Gasteiger partial charge on any atom is -0.330 e. The summed E-state index contributed by atoms with van der Waals surface area (Å²) in [6, 6.07) is 4.08. The van der Waals surface area contributed by atoms with Crippen molar-refractivity contribution in [2.24, 2.45) is 5.73 Å². The summed E-state index contributed by atoms with van der Waals surface area (Å²) in [5.74, 6) is -1.02. The minimum atomic E-state index is -0.537. The molecule has 0 aliphatic carbocycles. The number of hydrogen-bond acceptors (Lipinski definition) is 3. The number of anilines is 2. The number of nitrogens with one attached hydrogen (secondary N) is 2. The SMILES string of the molecule is CC(=O)Nc1cc(NC(=O)CCCCCCN)ccc1F.Cl. The van der Waals surface area contributed by atoms with Crippen molar-refractivity contribution in [3.05, 3.63) is 24.0 Å². The summed E-state index contributed by atoms with van der Waals surface area (Å²) in [5.41, 5.74) is 5.92. The van der Waals surface area contributed by atoms with Crippen LogP contribution in [0.15, 0.2) is 18.2 Å². The molecule has 124 valence electrons. The third-order valence-corrected chi connectivity index (χ3v) is 2.92. The maximum absolute atomic E-state index is 13.5. The van der Waals surface area contributed by atoms with Crippen LogP contribution in [0.2, 0.25) is 0 Å². The molecule has 1 rings (SSSR count). The van der Waals surface area contributed by atoms with Gasteiger partial charge in [0.25, 0.3) is 0 Å².